The molecule has 0 aliphatic rings. The first-order chi connectivity index (χ1) is 16.5. The molecule has 4 rings (SSSR count). The van der Waals surface area contributed by atoms with E-state index in [1.165, 1.54) is 11.1 Å². The summed E-state index contributed by atoms with van der Waals surface area (Å²) in [7, 11) is 4.97. The molecule has 174 valence electrons. The van der Waals surface area contributed by atoms with Crippen LogP contribution >= 0.6 is 0 Å². The molecule has 2 aromatic heterocycles. The highest BCUT2D eigenvalue weighted by Crippen LogP contribution is 2.38. The van der Waals surface area contributed by atoms with Gasteiger partial charge in [-0.3, -0.25) is 14.3 Å². The predicted molar refractivity (Wildman–Crippen MR) is 127 cm³/mol. The van der Waals surface area contributed by atoms with E-state index in [0.29, 0.717) is 29.5 Å². The number of aromatic amines is 1. The zero-order chi connectivity index (χ0) is 24.1. The number of carbonyl (C=O) groups excluding carboxylic acids is 2. The van der Waals surface area contributed by atoms with Crippen molar-refractivity contribution < 1.29 is 14.3 Å². The molecule has 34 heavy (non-hydrogen) atoms. The molecule has 2 N–H and O–H groups in total. The third kappa shape index (κ3) is 4.96. The Bertz CT molecular complexity index is 1300. The zero-order valence-corrected chi connectivity index (χ0v) is 19.1. The Morgan fingerprint density at radius 3 is 2.68 bits per heavy atom. The summed E-state index contributed by atoms with van der Waals surface area (Å²) < 4.78 is 7.18. The molecule has 2 amide bonds. The van der Waals surface area contributed by atoms with Crippen molar-refractivity contribution >= 4 is 17.5 Å². The fourth-order valence-corrected chi connectivity index (χ4v) is 3.52. The van der Waals surface area contributed by atoms with Crippen LogP contribution in [0, 0.1) is 0 Å². The van der Waals surface area contributed by atoms with Crippen LogP contribution in [-0.2, 0) is 11.3 Å². The third-order valence-electron chi connectivity index (χ3n) is 5.21. The number of para-hydroxylation sites is 1. The minimum atomic E-state index is -0.172. The van der Waals surface area contributed by atoms with Crippen LogP contribution in [0.3, 0.4) is 0 Å². The number of nitrogens with zero attached hydrogens (tertiary/aromatic N) is 5. The van der Waals surface area contributed by atoms with Gasteiger partial charge in [-0.2, -0.15) is 0 Å². The summed E-state index contributed by atoms with van der Waals surface area (Å²) in [4.78, 5) is 33.9. The molecule has 0 aliphatic carbocycles. The highest BCUT2D eigenvalue weighted by atomic mass is 16.5. The number of benzene rings is 2. The Labute approximate surface area is 196 Å². The van der Waals surface area contributed by atoms with Gasteiger partial charge in [-0.05, 0) is 29.8 Å². The predicted octanol–water partition coefficient (Wildman–Crippen LogP) is 3.07. The quantitative estimate of drug-likeness (QED) is 0.418. The van der Waals surface area contributed by atoms with E-state index in [9.17, 15) is 9.59 Å². The molecule has 2 aromatic carbocycles. The van der Waals surface area contributed by atoms with Crippen LogP contribution in [0.2, 0.25) is 0 Å². The zero-order valence-electron chi connectivity index (χ0n) is 19.1. The topological polar surface area (TPSA) is 118 Å². The highest BCUT2D eigenvalue weighted by molar-refractivity contribution is 5.95. The Hall–Kier alpha value is -4.47. The second-order valence-electron chi connectivity index (χ2n) is 7.77. The first-order valence-electron chi connectivity index (χ1n) is 10.6. The average molecular weight is 460 g/mol. The van der Waals surface area contributed by atoms with Crippen LogP contribution in [0.5, 0.6) is 5.75 Å². The lowest BCUT2D eigenvalue weighted by molar-refractivity contribution is -0.116. The standard InChI is InChI=1S/C24H25N7O3/c1-30(2)24(33)20-15-25-23(28-20)18-9-8-16(27-22(32)10-12-31-13-11-26-29-31)14-19(18)17-6-4-5-7-21(17)34-3/h4-9,11,13-15H,10,12H2,1-3H3,(H,25,28)(H,27,32). The molecule has 4 aromatic rings. The van der Waals surface area contributed by atoms with Crippen molar-refractivity contribution in [2.45, 2.75) is 13.0 Å². The number of hydrogen-bond donors (Lipinski definition) is 2. The van der Waals surface area contributed by atoms with Gasteiger partial charge >= 0.3 is 0 Å². The van der Waals surface area contributed by atoms with Crippen molar-refractivity contribution in [1.29, 1.82) is 0 Å². The molecule has 2 heterocycles. The lowest BCUT2D eigenvalue weighted by Crippen LogP contribution is -2.21. The Kier molecular flexibility index (Phi) is 6.67. The lowest BCUT2D eigenvalue weighted by atomic mass is 9.97. The van der Waals surface area contributed by atoms with Crippen LogP contribution in [0.15, 0.2) is 61.1 Å². The van der Waals surface area contributed by atoms with Gasteiger partial charge in [0.1, 0.15) is 17.3 Å². The van der Waals surface area contributed by atoms with Gasteiger partial charge in [0.05, 0.1) is 26.0 Å². The van der Waals surface area contributed by atoms with Crippen molar-refractivity contribution in [2.24, 2.45) is 0 Å². The van der Waals surface area contributed by atoms with E-state index in [2.05, 4.69) is 25.6 Å². The van der Waals surface area contributed by atoms with Crippen molar-refractivity contribution in [2.75, 3.05) is 26.5 Å². The summed E-state index contributed by atoms with van der Waals surface area (Å²) in [5.74, 6) is 0.893. The SMILES string of the molecule is COc1ccccc1-c1cc(NC(=O)CCn2ccnn2)ccc1-c1ncc(C(=O)N(C)C)[nH]1. The Balaban J connectivity index is 1.68. The molecular weight excluding hydrogens is 434 g/mol. The molecule has 0 saturated carbocycles. The second kappa shape index (κ2) is 9.99. The largest absolute Gasteiger partial charge is 0.496 e. The number of methoxy groups -OCH3 is 1. The van der Waals surface area contributed by atoms with E-state index in [4.69, 9.17) is 4.74 Å². The van der Waals surface area contributed by atoms with E-state index in [1.54, 1.807) is 44.3 Å². The number of anilines is 1. The second-order valence-corrected chi connectivity index (χ2v) is 7.77. The number of H-pyrrole nitrogens is 1. The Morgan fingerprint density at radius 1 is 1.12 bits per heavy atom. The maximum Gasteiger partial charge on any atom is 0.271 e. The van der Waals surface area contributed by atoms with E-state index in [0.717, 1.165) is 16.7 Å². The molecule has 0 fully saturated rings. The first-order valence-corrected chi connectivity index (χ1v) is 10.6. The number of rotatable bonds is 8. The summed E-state index contributed by atoms with van der Waals surface area (Å²) in [6.07, 6.45) is 5.05. The number of aryl methyl sites for hydroxylation is 1. The Morgan fingerprint density at radius 2 is 1.94 bits per heavy atom. The fourth-order valence-electron chi connectivity index (χ4n) is 3.52. The van der Waals surface area contributed by atoms with Crippen molar-refractivity contribution in [3.63, 3.8) is 0 Å². The third-order valence-corrected chi connectivity index (χ3v) is 5.21. The lowest BCUT2D eigenvalue weighted by Gasteiger charge is -2.14. The molecular formula is C24H25N7O3. The summed E-state index contributed by atoms with van der Waals surface area (Å²) >= 11 is 0. The molecule has 0 unspecified atom stereocenters. The summed E-state index contributed by atoms with van der Waals surface area (Å²) in [5, 5.41) is 10.6. The molecule has 0 spiro atoms. The normalized spacial score (nSPS) is 10.7. The summed E-state index contributed by atoms with van der Waals surface area (Å²) in [5.41, 5.74) is 3.41. The number of aromatic nitrogens is 5. The van der Waals surface area contributed by atoms with E-state index in [1.807, 2.05) is 36.4 Å². The minimum Gasteiger partial charge on any atom is -0.496 e. The van der Waals surface area contributed by atoms with Crippen molar-refractivity contribution in [1.82, 2.24) is 29.9 Å². The van der Waals surface area contributed by atoms with Crippen LogP contribution in [0.4, 0.5) is 5.69 Å². The summed E-state index contributed by atoms with van der Waals surface area (Å²) in [6.45, 7) is 0.429. The van der Waals surface area contributed by atoms with E-state index in [-0.39, 0.29) is 18.2 Å². The van der Waals surface area contributed by atoms with Crippen LogP contribution in [0.1, 0.15) is 16.9 Å². The van der Waals surface area contributed by atoms with Gasteiger partial charge in [-0.25, -0.2) is 4.98 Å². The van der Waals surface area contributed by atoms with Crippen LogP contribution < -0.4 is 10.1 Å². The van der Waals surface area contributed by atoms with Crippen LogP contribution in [-0.4, -0.2) is 62.9 Å². The molecule has 10 nitrogen and oxygen atoms in total. The monoisotopic (exact) mass is 459 g/mol. The first kappa shape index (κ1) is 22.7. The molecule has 0 atom stereocenters. The van der Waals surface area contributed by atoms with Gasteiger partial charge in [0.15, 0.2) is 0 Å². The number of nitrogens with one attached hydrogen (secondary N) is 2. The number of carbonyl (C=O) groups is 2. The minimum absolute atomic E-state index is 0.147. The van der Waals surface area contributed by atoms with Crippen LogP contribution in [0.25, 0.3) is 22.5 Å². The smallest absolute Gasteiger partial charge is 0.271 e. The highest BCUT2D eigenvalue weighted by Gasteiger charge is 2.18. The number of hydrogen-bond acceptors (Lipinski definition) is 6. The maximum atomic E-state index is 12.5. The van der Waals surface area contributed by atoms with E-state index >= 15 is 0 Å². The van der Waals surface area contributed by atoms with Gasteiger partial charge in [0, 0.05) is 43.5 Å². The van der Waals surface area contributed by atoms with Gasteiger partial charge in [0.25, 0.3) is 5.91 Å². The molecule has 10 heteroatoms. The number of amides is 2. The summed E-state index contributed by atoms with van der Waals surface area (Å²) in [6, 6.07) is 13.1. The molecule has 0 aliphatic heterocycles. The average Bonchev–Trinajstić information content (AvgIpc) is 3.54. The van der Waals surface area contributed by atoms with Crippen molar-refractivity contribution in [3.8, 4) is 28.3 Å². The maximum absolute atomic E-state index is 12.5. The molecule has 0 bridgehead atoms. The number of imidazole rings is 1. The van der Waals surface area contributed by atoms with Gasteiger partial charge in [-0.15, -0.1) is 5.10 Å². The van der Waals surface area contributed by atoms with Gasteiger partial charge < -0.3 is 19.9 Å². The fraction of sp³-hybridized carbons (Fsp3) is 0.208. The van der Waals surface area contributed by atoms with Gasteiger partial charge in [-0.1, -0.05) is 23.4 Å². The number of ether oxygens (including phenoxy) is 1. The van der Waals surface area contributed by atoms with Crippen molar-refractivity contribution in [3.05, 3.63) is 66.7 Å². The van der Waals surface area contributed by atoms with E-state index < -0.39 is 0 Å². The molecule has 0 saturated heterocycles. The van der Waals surface area contributed by atoms with Gasteiger partial charge in [0.2, 0.25) is 5.91 Å². The molecule has 0 radical (unpaired) electrons.